The first-order chi connectivity index (χ1) is 7.63. The van der Waals surface area contributed by atoms with Crippen LogP contribution in [0.5, 0.6) is 5.75 Å². The highest BCUT2D eigenvalue weighted by Crippen LogP contribution is 2.27. The van der Waals surface area contributed by atoms with Crippen LogP contribution in [0.25, 0.3) is 0 Å². The molecule has 0 unspecified atom stereocenters. The van der Waals surface area contributed by atoms with Crippen molar-refractivity contribution in [2.75, 3.05) is 19.4 Å². The normalized spacial score (nSPS) is 11.6. The molecule has 0 heterocycles. The molecule has 0 fully saturated rings. The molecule has 0 aliphatic heterocycles. The van der Waals surface area contributed by atoms with Crippen LogP contribution in [-0.2, 0) is 0 Å². The van der Waals surface area contributed by atoms with Crippen LogP contribution in [0.15, 0.2) is 23.2 Å². The Labute approximate surface area is 109 Å². The van der Waals surface area contributed by atoms with Crippen molar-refractivity contribution >= 4 is 40.1 Å². The van der Waals surface area contributed by atoms with Gasteiger partial charge in [-0.3, -0.25) is 4.99 Å². The van der Waals surface area contributed by atoms with Crippen molar-refractivity contribution in [3.05, 3.63) is 28.2 Å². The Kier molecular flexibility index (Phi) is 5.80. The van der Waals surface area contributed by atoms with E-state index in [0.29, 0.717) is 27.6 Å². The van der Waals surface area contributed by atoms with Crippen molar-refractivity contribution in [1.29, 1.82) is 0 Å². The molecule has 0 amide bonds. The maximum absolute atomic E-state index is 5.93. The monoisotopic (exact) mass is 278 g/mol. The summed E-state index contributed by atoms with van der Waals surface area (Å²) in [4.78, 5) is 3.82. The molecule has 2 N–H and O–H groups in total. The lowest BCUT2D eigenvalue weighted by molar-refractivity contribution is 0.344. The molecule has 1 rings (SSSR count). The van der Waals surface area contributed by atoms with Crippen LogP contribution in [0.4, 0.5) is 0 Å². The van der Waals surface area contributed by atoms with Crippen LogP contribution >= 0.6 is 35.0 Å². The molecule has 0 aliphatic carbocycles. The number of amidine groups is 1. The molecule has 0 aromatic heterocycles. The fourth-order valence-electron chi connectivity index (χ4n) is 0.955. The summed E-state index contributed by atoms with van der Waals surface area (Å²) >= 11 is 13.1. The minimum atomic E-state index is 0.509. The highest BCUT2D eigenvalue weighted by Gasteiger charge is 2.02. The van der Waals surface area contributed by atoms with Gasteiger partial charge in [0, 0.05) is 17.8 Å². The average molecular weight is 279 g/mol. The minimum absolute atomic E-state index is 0.509. The molecule has 0 bridgehead atoms. The van der Waals surface area contributed by atoms with Gasteiger partial charge >= 0.3 is 0 Å². The summed E-state index contributed by atoms with van der Waals surface area (Å²) in [7, 11) is 1.65. The van der Waals surface area contributed by atoms with Crippen LogP contribution in [0.1, 0.15) is 0 Å². The van der Waals surface area contributed by atoms with Gasteiger partial charge in [0.2, 0.25) is 0 Å². The molecule has 1 aromatic carbocycles. The van der Waals surface area contributed by atoms with Gasteiger partial charge in [-0.15, -0.1) is 0 Å². The number of ether oxygens (including phenoxy) is 1. The number of aliphatic imine (C=N–C) groups is 1. The second-order valence-corrected chi connectivity index (χ2v) is 4.79. The summed E-state index contributed by atoms with van der Waals surface area (Å²) in [6.45, 7) is 0.516. The van der Waals surface area contributed by atoms with Gasteiger partial charge in [0.25, 0.3) is 0 Å². The van der Waals surface area contributed by atoms with E-state index in [1.807, 2.05) is 0 Å². The fourth-order valence-corrected chi connectivity index (χ4v) is 1.92. The van der Waals surface area contributed by atoms with E-state index in [4.69, 9.17) is 33.7 Å². The van der Waals surface area contributed by atoms with Gasteiger partial charge < -0.3 is 10.5 Å². The quantitative estimate of drug-likeness (QED) is 0.523. The Hall–Kier alpha value is -0.580. The van der Waals surface area contributed by atoms with Crippen LogP contribution < -0.4 is 10.5 Å². The summed E-state index contributed by atoms with van der Waals surface area (Å²) in [5, 5.41) is 1.65. The van der Waals surface area contributed by atoms with Crippen LogP contribution in [0, 0.1) is 0 Å². The number of thioether (sulfide) groups is 1. The van der Waals surface area contributed by atoms with E-state index < -0.39 is 0 Å². The molecule has 1 aromatic rings. The van der Waals surface area contributed by atoms with Gasteiger partial charge in [-0.1, -0.05) is 35.0 Å². The first-order valence-corrected chi connectivity index (χ1v) is 6.30. The van der Waals surface area contributed by atoms with Gasteiger partial charge in [-0.25, -0.2) is 0 Å². The topological polar surface area (TPSA) is 47.6 Å². The second kappa shape index (κ2) is 6.89. The van der Waals surface area contributed by atoms with Gasteiger partial charge in [0.05, 0.1) is 11.6 Å². The fraction of sp³-hybridized carbons (Fsp3) is 0.300. The van der Waals surface area contributed by atoms with Crippen LogP contribution in [0.3, 0.4) is 0 Å². The Balaban J connectivity index is 2.37. The standard InChI is InChI=1S/C10H12Cl2N2OS/c1-14-10(13)16-5-4-15-9-3-2-7(11)6-8(9)12/h2-3,6H,4-5H2,1H3,(H2,13,14). The van der Waals surface area contributed by atoms with Gasteiger partial charge in [-0.2, -0.15) is 0 Å². The highest BCUT2D eigenvalue weighted by atomic mass is 35.5. The zero-order valence-corrected chi connectivity index (χ0v) is 11.1. The van der Waals surface area contributed by atoms with Crippen molar-refractivity contribution in [2.45, 2.75) is 0 Å². The Morgan fingerprint density at radius 3 is 2.88 bits per heavy atom. The molecule has 0 spiro atoms. The predicted octanol–water partition coefficient (Wildman–Crippen LogP) is 3.05. The van der Waals surface area contributed by atoms with E-state index in [1.165, 1.54) is 11.8 Å². The van der Waals surface area contributed by atoms with E-state index in [9.17, 15) is 0 Å². The zero-order valence-electron chi connectivity index (χ0n) is 8.74. The third-order valence-electron chi connectivity index (χ3n) is 1.71. The number of halogens is 2. The SMILES string of the molecule is CN=C(N)SCCOc1ccc(Cl)cc1Cl. The second-order valence-electron chi connectivity index (χ2n) is 2.83. The highest BCUT2D eigenvalue weighted by molar-refractivity contribution is 8.13. The lowest BCUT2D eigenvalue weighted by Gasteiger charge is -2.07. The summed E-state index contributed by atoms with van der Waals surface area (Å²) in [5.74, 6) is 1.35. The molecule has 6 heteroatoms. The van der Waals surface area contributed by atoms with E-state index in [0.717, 1.165) is 5.75 Å². The molecule has 3 nitrogen and oxygen atoms in total. The lowest BCUT2D eigenvalue weighted by Crippen LogP contribution is -2.10. The third kappa shape index (κ3) is 4.51. The lowest BCUT2D eigenvalue weighted by atomic mass is 10.3. The van der Waals surface area contributed by atoms with Crippen molar-refractivity contribution in [2.24, 2.45) is 10.7 Å². The Morgan fingerprint density at radius 2 is 2.25 bits per heavy atom. The maximum Gasteiger partial charge on any atom is 0.153 e. The predicted molar refractivity (Wildman–Crippen MR) is 72.0 cm³/mol. The molecular weight excluding hydrogens is 267 g/mol. The first kappa shape index (κ1) is 13.5. The molecule has 16 heavy (non-hydrogen) atoms. The van der Waals surface area contributed by atoms with Gasteiger partial charge in [-0.05, 0) is 18.2 Å². The molecule has 0 saturated carbocycles. The van der Waals surface area contributed by atoms with Crippen molar-refractivity contribution in [3.63, 3.8) is 0 Å². The summed E-state index contributed by atoms with van der Waals surface area (Å²) in [6, 6.07) is 5.12. The van der Waals surface area contributed by atoms with Crippen molar-refractivity contribution in [1.82, 2.24) is 0 Å². The number of rotatable bonds is 4. The van der Waals surface area contributed by atoms with Gasteiger partial charge in [0.1, 0.15) is 5.75 Å². The van der Waals surface area contributed by atoms with Crippen LogP contribution in [-0.4, -0.2) is 24.6 Å². The zero-order chi connectivity index (χ0) is 12.0. The van der Waals surface area contributed by atoms with E-state index >= 15 is 0 Å². The number of nitrogens with zero attached hydrogens (tertiary/aromatic N) is 1. The largest absolute Gasteiger partial charge is 0.491 e. The molecular formula is C10H12Cl2N2OS. The molecule has 0 saturated heterocycles. The summed E-state index contributed by atoms with van der Waals surface area (Å²) in [6.07, 6.45) is 0. The third-order valence-corrected chi connectivity index (χ3v) is 3.08. The maximum atomic E-state index is 5.93. The van der Waals surface area contributed by atoms with E-state index in [-0.39, 0.29) is 0 Å². The first-order valence-electron chi connectivity index (χ1n) is 4.56. The van der Waals surface area contributed by atoms with Crippen molar-refractivity contribution in [3.8, 4) is 5.75 Å². The molecule has 88 valence electrons. The van der Waals surface area contributed by atoms with Crippen LogP contribution in [0.2, 0.25) is 10.0 Å². The van der Waals surface area contributed by atoms with E-state index in [1.54, 1.807) is 25.2 Å². The molecule has 0 aliphatic rings. The Bertz CT molecular complexity index is 385. The summed E-state index contributed by atoms with van der Waals surface area (Å²) in [5.41, 5.74) is 5.52. The summed E-state index contributed by atoms with van der Waals surface area (Å²) < 4.78 is 5.46. The van der Waals surface area contributed by atoms with Gasteiger partial charge in [0.15, 0.2) is 5.17 Å². The average Bonchev–Trinajstić information content (AvgIpc) is 2.26. The van der Waals surface area contributed by atoms with Crippen molar-refractivity contribution < 1.29 is 4.74 Å². The smallest absolute Gasteiger partial charge is 0.153 e. The van der Waals surface area contributed by atoms with E-state index in [2.05, 4.69) is 4.99 Å². The molecule has 0 atom stereocenters. The number of hydrogen-bond donors (Lipinski definition) is 1. The number of hydrogen-bond acceptors (Lipinski definition) is 3. The number of benzene rings is 1. The molecule has 0 radical (unpaired) electrons. The minimum Gasteiger partial charge on any atom is -0.491 e. The Morgan fingerprint density at radius 1 is 1.50 bits per heavy atom. The number of nitrogens with two attached hydrogens (primary N) is 1.